The Balaban J connectivity index is 1.43. The predicted octanol–water partition coefficient (Wildman–Crippen LogP) is 3.67. The van der Waals surface area contributed by atoms with Crippen molar-refractivity contribution in [2.75, 3.05) is 26.2 Å². The molecule has 1 aromatic heterocycles. The van der Waals surface area contributed by atoms with Crippen LogP contribution in [-0.2, 0) is 15.1 Å². The molecule has 2 aliphatic rings. The van der Waals surface area contributed by atoms with Crippen molar-refractivity contribution in [2.24, 2.45) is 5.92 Å². The molecule has 0 amide bonds. The van der Waals surface area contributed by atoms with Crippen molar-refractivity contribution in [3.05, 3.63) is 60.2 Å². The first-order valence-corrected chi connectivity index (χ1v) is 11.6. The number of hydrogen-bond acceptors (Lipinski definition) is 6. The van der Waals surface area contributed by atoms with E-state index in [0.717, 1.165) is 50.9 Å². The molecule has 1 aliphatic heterocycles. The zero-order valence-corrected chi connectivity index (χ0v) is 18.2. The van der Waals surface area contributed by atoms with Gasteiger partial charge in [0.15, 0.2) is 5.60 Å². The van der Waals surface area contributed by atoms with E-state index in [1.54, 1.807) is 0 Å². The molecule has 1 unspecified atom stereocenters. The molecule has 1 saturated heterocycles. The Bertz CT molecular complexity index is 820. The number of hydrogen-bond donors (Lipinski definition) is 1. The second-order valence-electron chi connectivity index (χ2n) is 8.91. The standard InChI is InChI=1S/C25H33N3O3/c29-24(25(30,23-10-4-5-11-23)22-8-2-1-3-9-22)31-15-12-20(18-28-13-6-7-14-28)21-16-26-19-27-17-21/h1-3,8-9,16-17,19-20,23,30H,4-7,10-15,18H2/t20-,25?/m0/s1. The van der Waals surface area contributed by atoms with E-state index in [9.17, 15) is 9.90 Å². The number of likely N-dealkylation sites (tertiary alicyclic amines) is 1. The molecule has 6 heteroatoms. The van der Waals surface area contributed by atoms with Gasteiger partial charge in [0, 0.05) is 30.8 Å². The summed E-state index contributed by atoms with van der Waals surface area (Å²) >= 11 is 0. The highest BCUT2D eigenvalue weighted by Gasteiger charge is 2.47. The Labute approximate surface area is 184 Å². The van der Waals surface area contributed by atoms with Gasteiger partial charge >= 0.3 is 5.97 Å². The van der Waals surface area contributed by atoms with Crippen molar-refractivity contribution in [1.29, 1.82) is 0 Å². The molecule has 1 aromatic carbocycles. The summed E-state index contributed by atoms with van der Waals surface area (Å²) in [6.45, 7) is 3.41. The number of carbonyl (C=O) groups is 1. The van der Waals surface area contributed by atoms with E-state index in [1.807, 2.05) is 42.7 Å². The van der Waals surface area contributed by atoms with E-state index < -0.39 is 11.6 Å². The lowest BCUT2D eigenvalue weighted by Crippen LogP contribution is -2.43. The number of benzene rings is 1. The molecule has 2 aromatic rings. The fourth-order valence-electron chi connectivity index (χ4n) is 5.12. The monoisotopic (exact) mass is 423 g/mol. The Kier molecular flexibility index (Phi) is 7.30. The van der Waals surface area contributed by atoms with Crippen LogP contribution in [0.5, 0.6) is 0 Å². The molecule has 2 fully saturated rings. The second-order valence-corrected chi connectivity index (χ2v) is 8.91. The van der Waals surface area contributed by atoms with Gasteiger partial charge in [-0.2, -0.15) is 0 Å². The van der Waals surface area contributed by atoms with Crippen LogP contribution in [0, 0.1) is 5.92 Å². The Hall–Kier alpha value is -2.31. The van der Waals surface area contributed by atoms with Crippen LogP contribution in [0.2, 0.25) is 0 Å². The van der Waals surface area contributed by atoms with Crippen molar-refractivity contribution >= 4 is 5.97 Å². The predicted molar refractivity (Wildman–Crippen MR) is 118 cm³/mol. The smallest absolute Gasteiger partial charge is 0.343 e. The lowest BCUT2D eigenvalue weighted by Gasteiger charge is -2.32. The van der Waals surface area contributed by atoms with Crippen LogP contribution in [0.1, 0.15) is 62.0 Å². The SMILES string of the molecule is O=C(OCC[C@@H](CN1CCCC1)c1cncnc1)C(O)(c1ccccc1)C1CCCC1. The average Bonchev–Trinajstić information content (AvgIpc) is 3.54. The van der Waals surface area contributed by atoms with Gasteiger partial charge < -0.3 is 14.7 Å². The van der Waals surface area contributed by atoms with Crippen LogP contribution in [0.3, 0.4) is 0 Å². The Morgan fingerprint density at radius 3 is 2.45 bits per heavy atom. The van der Waals surface area contributed by atoms with E-state index >= 15 is 0 Å². The van der Waals surface area contributed by atoms with Crippen molar-refractivity contribution in [1.82, 2.24) is 14.9 Å². The summed E-state index contributed by atoms with van der Waals surface area (Å²) in [5.41, 5.74) is 0.134. The third-order valence-corrected chi connectivity index (χ3v) is 6.90. The van der Waals surface area contributed by atoms with Crippen LogP contribution >= 0.6 is 0 Å². The molecular weight excluding hydrogens is 390 g/mol. The van der Waals surface area contributed by atoms with Gasteiger partial charge in [0.25, 0.3) is 0 Å². The van der Waals surface area contributed by atoms with Crippen LogP contribution in [0.25, 0.3) is 0 Å². The second kappa shape index (κ2) is 10.3. The zero-order chi connectivity index (χ0) is 21.5. The molecule has 1 saturated carbocycles. The molecule has 1 N–H and O–H groups in total. The van der Waals surface area contributed by atoms with E-state index in [1.165, 1.54) is 19.2 Å². The summed E-state index contributed by atoms with van der Waals surface area (Å²) in [5.74, 6) is -0.413. The van der Waals surface area contributed by atoms with Crippen molar-refractivity contribution in [3.8, 4) is 0 Å². The molecule has 4 rings (SSSR count). The first-order valence-electron chi connectivity index (χ1n) is 11.6. The van der Waals surface area contributed by atoms with E-state index in [2.05, 4.69) is 14.9 Å². The van der Waals surface area contributed by atoms with Gasteiger partial charge in [-0.1, -0.05) is 43.2 Å². The van der Waals surface area contributed by atoms with Crippen molar-refractivity contribution < 1.29 is 14.6 Å². The fourth-order valence-corrected chi connectivity index (χ4v) is 5.12. The van der Waals surface area contributed by atoms with Crippen molar-refractivity contribution in [2.45, 2.75) is 56.5 Å². The number of aliphatic hydroxyl groups is 1. The molecule has 6 nitrogen and oxygen atoms in total. The highest BCUT2D eigenvalue weighted by atomic mass is 16.5. The van der Waals surface area contributed by atoms with Crippen molar-refractivity contribution in [3.63, 3.8) is 0 Å². The number of carbonyl (C=O) groups excluding carboxylic acids is 1. The highest BCUT2D eigenvalue weighted by molar-refractivity contribution is 5.81. The maximum Gasteiger partial charge on any atom is 0.343 e. The Morgan fingerprint density at radius 2 is 1.77 bits per heavy atom. The number of rotatable bonds is 9. The van der Waals surface area contributed by atoms with Gasteiger partial charge in [-0.05, 0) is 56.3 Å². The maximum absolute atomic E-state index is 13.2. The van der Waals surface area contributed by atoms with Gasteiger partial charge in [-0.3, -0.25) is 0 Å². The van der Waals surface area contributed by atoms with E-state index in [0.29, 0.717) is 12.0 Å². The van der Waals surface area contributed by atoms with E-state index in [4.69, 9.17) is 4.74 Å². The number of aromatic nitrogens is 2. The lowest BCUT2D eigenvalue weighted by molar-refractivity contribution is -0.174. The van der Waals surface area contributed by atoms with Gasteiger partial charge in [0.05, 0.1) is 6.61 Å². The molecule has 166 valence electrons. The molecule has 0 spiro atoms. The van der Waals surface area contributed by atoms with Crippen LogP contribution in [-0.4, -0.2) is 52.2 Å². The summed E-state index contributed by atoms with van der Waals surface area (Å²) in [5, 5.41) is 11.6. The van der Waals surface area contributed by atoms with Gasteiger partial charge in [-0.25, -0.2) is 14.8 Å². The highest BCUT2D eigenvalue weighted by Crippen LogP contribution is 2.41. The van der Waals surface area contributed by atoms with Crippen LogP contribution in [0.15, 0.2) is 49.1 Å². The van der Waals surface area contributed by atoms with E-state index in [-0.39, 0.29) is 18.4 Å². The molecule has 2 heterocycles. The van der Waals surface area contributed by atoms with Gasteiger partial charge in [-0.15, -0.1) is 0 Å². The third kappa shape index (κ3) is 5.13. The average molecular weight is 424 g/mol. The van der Waals surface area contributed by atoms with Crippen LogP contribution in [0.4, 0.5) is 0 Å². The minimum atomic E-state index is -1.57. The first-order chi connectivity index (χ1) is 15.2. The van der Waals surface area contributed by atoms with Gasteiger partial charge in [0.2, 0.25) is 0 Å². The number of nitrogens with zero attached hydrogens (tertiary/aromatic N) is 3. The number of ether oxygens (including phenoxy) is 1. The first kappa shape index (κ1) is 21.9. The number of esters is 1. The molecule has 1 aliphatic carbocycles. The summed E-state index contributed by atoms with van der Waals surface area (Å²) in [6.07, 6.45) is 12.2. The summed E-state index contributed by atoms with van der Waals surface area (Å²) in [7, 11) is 0. The molecule has 2 atom stereocenters. The minimum Gasteiger partial charge on any atom is -0.463 e. The summed E-state index contributed by atoms with van der Waals surface area (Å²) in [4.78, 5) is 24.0. The fraction of sp³-hybridized carbons (Fsp3) is 0.560. The summed E-state index contributed by atoms with van der Waals surface area (Å²) in [6, 6.07) is 9.29. The molecule has 0 bridgehead atoms. The zero-order valence-electron chi connectivity index (χ0n) is 18.2. The molecule has 31 heavy (non-hydrogen) atoms. The summed E-state index contributed by atoms with van der Waals surface area (Å²) < 4.78 is 5.74. The van der Waals surface area contributed by atoms with Crippen LogP contribution < -0.4 is 0 Å². The molecular formula is C25H33N3O3. The molecule has 0 radical (unpaired) electrons. The normalized spacial score (nSPS) is 20.4. The Morgan fingerprint density at radius 1 is 1.10 bits per heavy atom. The third-order valence-electron chi connectivity index (χ3n) is 6.90. The maximum atomic E-state index is 13.2. The quantitative estimate of drug-likeness (QED) is 0.620. The van der Waals surface area contributed by atoms with Gasteiger partial charge in [0.1, 0.15) is 6.33 Å². The lowest BCUT2D eigenvalue weighted by atomic mass is 9.80. The topological polar surface area (TPSA) is 75.5 Å². The minimum absolute atomic E-state index is 0.0923. The largest absolute Gasteiger partial charge is 0.463 e.